The summed E-state index contributed by atoms with van der Waals surface area (Å²) in [6, 6.07) is 0.165. The van der Waals surface area contributed by atoms with Gasteiger partial charge in [0.05, 0.1) is 6.20 Å². The third kappa shape index (κ3) is 2.69. The van der Waals surface area contributed by atoms with Gasteiger partial charge in [0.1, 0.15) is 0 Å². The predicted octanol–water partition coefficient (Wildman–Crippen LogP) is 1.40. The fraction of sp³-hybridized carbons (Fsp3) is 0.667. The maximum absolute atomic E-state index is 13.8. The molecule has 0 spiro atoms. The number of hydrogen-bond acceptors (Lipinski definition) is 5. The lowest BCUT2D eigenvalue weighted by Gasteiger charge is -2.36. The minimum atomic E-state index is -0.404. The highest BCUT2D eigenvalue weighted by Gasteiger charge is 2.25. The lowest BCUT2D eigenvalue weighted by Crippen LogP contribution is -2.41. The Labute approximate surface area is 106 Å². The van der Waals surface area contributed by atoms with Crippen molar-refractivity contribution in [2.24, 2.45) is 0 Å². The summed E-state index contributed by atoms with van der Waals surface area (Å²) in [6.45, 7) is 0.897. The first kappa shape index (κ1) is 13.0. The smallest absolute Gasteiger partial charge is 0.224 e. The maximum Gasteiger partial charge on any atom is 0.224 e. The summed E-state index contributed by atoms with van der Waals surface area (Å²) >= 11 is 0. The Morgan fingerprint density at radius 1 is 1.56 bits per heavy atom. The zero-order valence-electron chi connectivity index (χ0n) is 10.6. The van der Waals surface area contributed by atoms with Crippen LogP contribution in [0.15, 0.2) is 6.20 Å². The van der Waals surface area contributed by atoms with Gasteiger partial charge in [-0.15, -0.1) is 0 Å². The van der Waals surface area contributed by atoms with Crippen LogP contribution < -0.4 is 10.2 Å². The number of nitrogens with zero attached hydrogens (tertiary/aromatic N) is 3. The molecule has 1 aromatic rings. The summed E-state index contributed by atoms with van der Waals surface area (Å²) in [6.07, 6.45) is 4.96. The summed E-state index contributed by atoms with van der Waals surface area (Å²) in [4.78, 5) is 10.00. The van der Waals surface area contributed by atoms with Crippen molar-refractivity contribution >= 4 is 11.8 Å². The molecule has 5 nitrogen and oxygen atoms in total. The first-order valence-corrected chi connectivity index (χ1v) is 6.34. The molecular formula is C12H19FN4O. The number of piperidine rings is 1. The molecule has 0 aromatic carbocycles. The van der Waals surface area contributed by atoms with Crippen LogP contribution in [-0.4, -0.2) is 41.3 Å². The monoisotopic (exact) mass is 254 g/mol. The van der Waals surface area contributed by atoms with Gasteiger partial charge < -0.3 is 15.3 Å². The van der Waals surface area contributed by atoms with Crippen molar-refractivity contribution in [3.63, 3.8) is 0 Å². The third-order valence-electron chi connectivity index (χ3n) is 3.31. The average molecular weight is 254 g/mol. The molecule has 0 aliphatic carbocycles. The quantitative estimate of drug-likeness (QED) is 0.850. The van der Waals surface area contributed by atoms with Gasteiger partial charge in [-0.3, -0.25) is 0 Å². The summed E-state index contributed by atoms with van der Waals surface area (Å²) in [5.74, 6) is 0.353. The Morgan fingerprint density at radius 3 is 3.11 bits per heavy atom. The molecule has 1 aliphatic rings. The van der Waals surface area contributed by atoms with Crippen LogP contribution in [0, 0.1) is 5.82 Å². The third-order valence-corrected chi connectivity index (χ3v) is 3.31. The number of nitrogens with one attached hydrogen (secondary N) is 1. The molecule has 2 rings (SSSR count). The molecule has 2 N–H and O–H groups in total. The van der Waals surface area contributed by atoms with Gasteiger partial charge in [-0.05, 0) is 25.7 Å². The van der Waals surface area contributed by atoms with E-state index in [0.717, 1.165) is 25.8 Å². The SMILES string of the molecule is CNc1ncc(F)c(N2CCCCC2CCO)n1. The van der Waals surface area contributed by atoms with E-state index in [4.69, 9.17) is 5.11 Å². The molecular weight excluding hydrogens is 235 g/mol. The van der Waals surface area contributed by atoms with E-state index >= 15 is 0 Å². The minimum absolute atomic E-state index is 0.118. The van der Waals surface area contributed by atoms with Gasteiger partial charge in [0, 0.05) is 26.2 Å². The zero-order valence-corrected chi connectivity index (χ0v) is 10.6. The lowest BCUT2D eigenvalue weighted by atomic mass is 9.99. The molecule has 100 valence electrons. The predicted molar refractivity (Wildman–Crippen MR) is 68.2 cm³/mol. The molecule has 18 heavy (non-hydrogen) atoms. The van der Waals surface area contributed by atoms with Crippen LogP contribution in [0.4, 0.5) is 16.2 Å². The Kier molecular flexibility index (Phi) is 4.30. The number of aliphatic hydroxyl groups excluding tert-OH is 1. The van der Waals surface area contributed by atoms with Crippen molar-refractivity contribution in [3.8, 4) is 0 Å². The molecule has 0 bridgehead atoms. The van der Waals surface area contributed by atoms with Gasteiger partial charge in [0.2, 0.25) is 5.95 Å². The summed E-state index contributed by atoms with van der Waals surface area (Å²) < 4.78 is 13.8. The van der Waals surface area contributed by atoms with Crippen LogP contribution in [0.2, 0.25) is 0 Å². The molecule has 0 radical (unpaired) electrons. The standard InChI is InChI=1S/C12H19FN4O/c1-14-12-15-8-10(13)11(16-12)17-6-3-2-4-9(17)5-7-18/h8-9,18H,2-7H2,1H3,(H,14,15,16). The molecule has 1 aromatic heterocycles. The van der Waals surface area contributed by atoms with Gasteiger partial charge in [-0.25, -0.2) is 9.37 Å². The van der Waals surface area contributed by atoms with E-state index in [9.17, 15) is 4.39 Å². The molecule has 1 fully saturated rings. The van der Waals surface area contributed by atoms with Crippen LogP contribution in [-0.2, 0) is 0 Å². The molecule has 0 amide bonds. The van der Waals surface area contributed by atoms with Gasteiger partial charge >= 0.3 is 0 Å². The highest BCUT2D eigenvalue weighted by atomic mass is 19.1. The van der Waals surface area contributed by atoms with Crippen molar-refractivity contribution in [1.82, 2.24) is 9.97 Å². The van der Waals surface area contributed by atoms with E-state index in [1.54, 1.807) is 7.05 Å². The Balaban J connectivity index is 2.26. The second-order valence-electron chi connectivity index (χ2n) is 4.47. The van der Waals surface area contributed by atoms with Crippen LogP contribution in [0.5, 0.6) is 0 Å². The van der Waals surface area contributed by atoms with Crippen molar-refractivity contribution in [2.45, 2.75) is 31.7 Å². The molecule has 1 unspecified atom stereocenters. The Bertz CT molecular complexity index is 400. The number of hydrogen-bond donors (Lipinski definition) is 2. The molecule has 1 atom stereocenters. The fourth-order valence-electron chi connectivity index (χ4n) is 2.41. The van der Waals surface area contributed by atoms with Crippen molar-refractivity contribution in [2.75, 3.05) is 30.4 Å². The van der Waals surface area contributed by atoms with Crippen LogP contribution >= 0.6 is 0 Å². The number of rotatable bonds is 4. The maximum atomic E-state index is 13.8. The van der Waals surface area contributed by atoms with E-state index < -0.39 is 5.82 Å². The Morgan fingerprint density at radius 2 is 2.39 bits per heavy atom. The van der Waals surface area contributed by atoms with Crippen LogP contribution in [0.1, 0.15) is 25.7 Å². The normalized spacial score (nSPS) is 19.9. The second kappa shape index (κ2) is 5.95. The molecule has 0 saturated carbocycles. The number of aromatic nitrogens is 2. The molecule has 1 aliphatic heterocycles. The zero-order chi connectivity index (χ0) is 13.0. The van der Waals surface area contributed by atoms with E-state index in [-0.39, 0.29) is 12.6 Å². The largest absolute Gasteiger partial charge is 0.396 e. The number of anilines is 2. The van der Waals surface area contributed by atoms with Gasteiger partial charge in [-0.1, -0.05) is 0 Å². The lowest BCUT2D eigenvalue weighted by molar-refractivity contribution is 0.261. The summed E-state index contributed by atoms with van der Waals surface area (Å²) in [5.41, 5.74) is 0. The van der Waals surface area contributed by atoms with Crippen LogP contribution in [0.25, 0.3) is 0 Å². The fourth-order valence-corrected chi connectivity index (χ4v) is 2.41. The van der Waals surface area contributed by atoms with Gasteiger partial charge in [0.15, 0.2) is 11.6 Å². The molecule has 1 saturated heterocycles. The summed E-state index contributed by atoms with van der Waals surface area (Å²) in [7, 11) is 1.71. The highest BCUT2D eigenvalue weighted by molar-refractivity contribution is 5.45. The van der Waals surface area contributed by atoms with Crippen molar-refractivity contribution in [1.29, 1.82) is 0 Å². The van der Waals surface area contributed by atoms with Crippen molar-refractivity contribution < 1.29 is 9.50 Å². The molecule has 6 heteroatoms. The first-order valence-electron chi connectivity index (χ1n) is 6.34. The minimum Gasteiger partial charge on any atom is -0.396 e. The van der Waals surface area contributed by atoms with E-state index in [1.807, 2.05) is 4.90 Å². The highest BCUT2D eigenvalue weighted by Crippen LogP contribution is 2.27. The number of halogens is 1. The topological polar surface area (TPSA) is 61.3 Å². The van der Waals surface area contributed by atoms with Crippen molar-refractivity contribution in [3.05, 3.63) is 12.0 Å². The van der Waals surface area contributed by atoms with Crippen LogP contribution in [0.3, 0.4) is 0 Å². The van der Waals surface area contributed by atoms with Gasteiger partial charge in [0.25, 0.3) is 0 Å². The first-order chi connectivity index (χ1) is 8.76. The summed E-state index contributed by atoms with van der Waals surface area (Å²) in [5, 5.41) is 11.9. The Hall–Kier alpha value is -1.43. The molecule has 2 heterocycles. The van der Waals surface area contributed by atoms with Gasteiger partial charge in [-0.2, -0.15) is 4.98 Å². The second-order valence-corrected chi connectivity index (χ2v) is 4.47. The van der Waals surface area contributed by atoms with E-state index in [1.165, 1.54) is 6.20 Å². The average Bonchev–Trinajstić information content (AvgIpc) is 2.41. The van der Waals surface area contributed by atoms with E-state index in [2.05, 4.69) is 15.3 Å². The van der Waals surface area contributed by atoms with E-state index in [0.29, 0.717) is 18.2 Å². The number of aliphatic hydroxyl groups is 1.